The van der Waals surface area contributed by atoms with Crippen LogP contribution in [0.2, 0.25) is 0 Å². The number of carbonyl (C=O) groups excluding carboxylic acids is 2. The van der Waals surface area contributed by atoms with Gasteiger partial charge in [-0.1, -0.05) is 62.4 Å². The van der Waals surface area contributed by atoms with Crippen molar-refractivity contribution >= 4 is 22.8 Å². The number of furan rings is 1. The molecule has 2 amide bonds. The molecule has 0 aliphatic rings. The van der Waals surface area contributed by atoms with Gasteiger partial charge in [0.1, 0.15) is 11.3 Å². The minimum atomic E-state index is -0.292. The van der Waals surface area contributed by atoms with Crippen molar-refractivity contribution < 1.29 is 19.1 Å². The van der Waals surface area contributed by atoms with E-state index in [1.165, 1.54) is 0 Å². The van der Waals surface area contributed by atoms with Crippen LogP contribution in [-0.4, -0.2) is 36.6 Å². The summed E-state index contributed by atoms with van der Waals surface area (Å²) in [6.45, 7) is 4.00. The Morgan fingerprint density at radius 1 is 0.886 bits per heavy atom. The number of nitrogens with one attached hydrogen (secondary N) is 2. The molecule has 0 aliphatic carbocycles. The number of aliphatic hydroxyl groups excluding tert-OH is 1. The molecule has 4 rings (SSSR count). The average Bonchev–Trinajstić information content (AvgIpc) is 3.27. The first kappa shape index (κ1) is 24.2. The third-order valence-electron chi connectivity index (χ3n) is 5.95. The fourth-order valence-electron chi connectivity index (χ4n) is 4.28. The molecule has 0 spiro atoms. The number of fused-ring (bicyclic) bond motifs is 1. The number of carbonyl (C=O) groups is 2. The quantitative estimate of drug-likeness (QED) is 0.327. The van der Waals surface area contributed by atoms with Gasteiger partial charge < -0.3 is 20.2 Å². The molecule has 6 nitrogen and oxygen atoms in total. The molecule has 180 valence electrons. The van der Waals surface area contributed by atoms with E-state index in [9.17, 15) is 14.7 Å². The van der Waals surface area contributed by atoms with E-state index >= 15 is 0 Å². The molecular weight excluding hydrogens is 440 g/mol. The lowest BCUT2D eigenvalue weighted by Gasteiger charge is -2.18. The number of amides is 2. The number of hydrogen-bond donors (Lipinski definition) is 3. The first-order valence-electron chi connectivity index (χ1n) is 11.8. The summed E-state index contributed by atoms with van der Waals surface area (Å²) in [5, 5.41) is 16.0. The molecular formula is C29H30N2O4. The van der Waals surface area contributed by atoms with E-state index < -0.39 is 0 Å². The van der Waals surface area contributed by atoms with Gasteiger partial charge in [0.05, 0.1) is 18.2 Å². The van der Waals surface area contributed by atoms with Gasteiger partial charge >= 0.3 is 0 Å². The van der Waals surface area contributed by atoms with Gasteiger partial charge in [0.15, 0.2) is 0 Å². The van der Waals surface area contributed by atoms with E-state index in [1.54, 1.807) is 13.1 Å². The zero-order valence-corrected chi connectivity index (χ0v) is 20.2. The van der Waals surface area contributed by atoms with E-state index in [2.05, 4.69) is 24.5 Å². The minimum absolute atomic E-state index is 0.104. The Bertz CT molecular complexity index is 1340. The van der Waals surface area contributed by atoms with Crippen molar-refractivity contribution in [3.8, 4) is 22.5 Å². The molecule has 0 saturated carbocycles. The largest absolute Gasteiger partial charge is 0.455 e. The lowest BCUT2D eigenvalue weighted by Crippen LogP contribution is -2.38. The highest BCUT2D eigenvalue weighted by Gasteiger charge is 2.22. The van der Waals surface area contributed by atoms with Crippen LogP contribution in [0.1, 0.15) is 41.0 Å². The molecule has 0 radical (unpaired) electrons. The summed E-state index contributed by atoms with van der Waals surface area (Å²) < 4.78 is 6.10. The topological polar surface area (TPSA) is 91.6 Å². The number of rotatable bonds is 8. The fourth-order valence-corrected chi connectivity index (χ4v) is 4.28. The zero-order chi connectivity index (χ0) is 24.9. The maximum Gasteiger partial charge on any atom is 0.255 e. The first-order chi connectivity index (χ1) is 16.9. The standard InChI is InChI=1S/C29H30N2O4/c1-18(2)14-23(17-32)31-28(33)22-11-7-10-20(15-22)21-12-13-25-24(16-21)26(29(34)30-3)27(35-25)19-8-5-4-6-9-19/h4-13,15-16,18,23,32H,14,17H2,1-3H3,(H,30,34)(H,31,33)/t23-/m1/s1. The lowest BCUT2D eigenvalue weighted by molar-refractivity contribution is 0.0907. The summed E-state index contributed by atoms with van der Waals surface area (Å²) in [7, 11) is 1.60. The highest BCUT2D eigenvalue weighted by atomic mass is 16.3. The summed E-state index contributed by atoms with van der Waals surface area (Å²) in [6.07, 6.45) is 0.700. The molecule has 0 fully saturated rings. The normalized spacial score (nSPS) is 12.0. The highest BCUT2D eigenvalue weighted by Crippen LogP contribution is 2.36. The zero-order valence-electron chi connectivity index (χ0n) is 20.2. The summed E-state index contributed by atoms with van der Waals surface area (Å²) in [4.78, 5) is 25.7. The highest BCUT2D eigenvalue weighted by molar-refractivity contribution is 6.11. The molecule has 0 aliphatic heterocycles. The van der Waals surface area contributed by atoms with E-state index in [4.69, 9.17) is 4.42 Å². The Hall–Kier alpha value is -3.90. The van der Waals surface area contributed by atoms with E-state index in [0.29, 0.717) is 40.2 Å². The van der Waals surface area contributed by atoms with Crippen molar-refractivity contribution in [2.45, 2.75) is 26.3 Å². The first-order valence-corrected chi connectivity index (χ1v) is 11.8. The Labute approximate surface area is 205 Å². The van der Waals surface area contributed by atoms with Gasteiger partial charge in [0, 0.05) is 23.6 Å². The predicted molar refractivity (Wildman–Crippen MR) is 138 cm³/mol. The number of benzene rings is 3. The van der Waals surface area contributed by atoms with Gasteiger partial charge in [-0.25, -0.2) is 0 Å². The van der Waals surface area contributed by atoms with Gasteiger partial charge in [-0.2, -0.15) is 0 Å². The summed E-state index contributed by atoms with van der Waals surface area (Å²) in [6, 6.07) is 22.3. The maximum atomic E-state index is 12.8. The molecule has 1 heterocycles. The van der Waals surface area contributed by atoms with Crippen LogP contribution in [0.3, 0.4) is 0 Å². The van der Waals surface area contributed by atoms with Crippen molar-refractivity contribution in [1.29, 1.82) is 0 Å². The third-order valence-corrected chi connectivity index (χ3v) is 5.95. The van der Waals surface area contributed by atoms with Gasteiger partial charge in [0.2, 0.25) is 0 Å². The van der Waals surface area contributed by atoms with Crippen LogP contribution < -0.4 is 10.6 Å². The maximum absolute atomic E-state index is 12.8. The second-order valence-corrected chi connectivity index (χ2v) is 9.03. The van der Waals surface area contributed by atoms with Gasteiger partial charge in [0.25, 0.3) is 11.8 Å². The Kier molecular flexibility index (Phi) is 7.32. The second kappa shape index (κ2) is 10.6. The second-order valence-electron chi connectivity index (χ2n) is 9.03. The summed E-state index contributed by atoms with van der Waals surface area (Å²) in [5.41, 5.74) is 4.12. The lowest BCUT2D eigenvalue weighted by atomic mass is 9.98. The predicted octanol–water partition coefficient (Wildman–Crippen LogP) is 5.26. The van der Waals surface area contributed by atoms with Gasteiger partial charge in [-0.05, 0) is 47.7 Å². The fraction of sp³-hybridized carbons (Fsp3) is 0.241. The smallest absolute Gasteiger partial charge is 0.255 e. The van der Waals surface area contributed by atoms with Crippen molar-refractivity contribution in [2.75, 3.05) is 13.7 Å². The van der Waals surface area contributed by atoms with E-state index in [1.807, 2.05) is 66.7 Å². The Morgan fingerprint density at radius 2 is 1.60 bits per heavy atom. The Balaban J connectivity index is 1.72. The van der Waals surface area contributed by atoms with E-state index in [-0.39, 0.29) is 24.5 Å². The SMILES string of the molecule is CNC(=O)c1c(-c2ccccc2)oc2ccc(-c3cccc(C(=O)N[C@@H](CO)CC(C)C)c3)cc12. The Morgan fingerprint density at radius 3 is 2.29 bits per heavy atom. The molecule has 3 N–H and O–H groups in total. The van der Waals surface area contributed by atoms with Crippen molar-refractivity contribution in [1.82, 2.24) is 10.6 Å². The van der Waals surface area contributed by atoms with Crippen molar-refractivity contribution in [2.24, 2.45) is 5.92 Å². The van der Waals surface area contributed by atoms with Crippen LogP contribution in [0.15, 0.2) is 77.2 Å². The summed E-state index contributed by atoms with van der Waals surface area (Å²) in [5.74, 6) is 0.419. The molecule has 1 atom stereocenters. The van der Waals surface area contributed by atoms with Crippen molar-refractivity contribution in [3.05, 3.63) is 83.9 Å². The van der Waals surface area contributed by atoms with Crippen molar-refractivity contribution in [3.63, 3.8) is 0 Å². The van der Waals surface area contributed by atoms with Gasteiger partial charge in [-0.3, -0.25) is 9.59 Å². The number of hydrogen-bond acceptors (Lipinski definition) is 4. The number of aliphatic hydroxyl groups is 1. The molecule has 0 unspecified atom stereocenters. The van der Waals surface area contributed by atoms with Crippen LogP contribution in [0.4, 0.5) is 0 Å². The van der Waals surface area contributed by atoms with Crippen LogP contribution in [0, 0.1) is 5.92 Å². The van der Waals surface area contributed by atoms with Crippen LogP contribution in [0.25, 0.3) is 33.4 Å². The molecule has 35 heavy (non-hydrogen) atoms. The molecule has 1 aromatic heterocycles. The van der Waals surface area contributed by atoms with Gasteiger partial charge in [-0.15, -0.1) is 0 Å². The molecule has 6 heteroatoms. The molecule has 0 bridgehead atoms. The summed E-state index contributed by atoms with van der Waals surface area (Å²) >= 11 is 0. The third kappa shape index (κ3) is 5.28. The van der Waals surface area contributed by atoms with Crippen LogP contribution in [-0.2, 0) is 0 Å². The average molecular weight is 471 g/mol. The molecule has 4 aromatic rings. The van der Waals surface area contributed by atoms with Crippen LogP contribution >= 0.6 is 0 Å². The van der Waals surface area contributed by atoms with E-state index in [0.717, 1.165) is 16.7 Å². The minimum Gasteiger partial charge on any atom is -0.455 e. The van der Waals surface area contributed by atoms with Crippen LogP contribution in [0.5, 0.6) is 0 Å². The molecule has 0 saturated heterocycles. The monoisotopic (exact) mass is 470 g/mol. The molecule has 3 aromatic carbocycles.